The number of likely N-dealkylation sites (tertiary alicyclic amines) is 1. The summed E-state index contributed by atoms with van der Waals surface area (Å²) < 4.78 is 26.1. The van der Waals surface area contributed by atoms with Crippen molar-refractivity contribution in [1.82, 2.24) is 14.5 Å². The maximum absolute atomic E-state index is 12.5. The van der Waals surface area contributed by atoms with Gasteiger partial charge in [0.1, 0.15) is 0 Å². The van der Waals surface area contributed by atoms with E-state index in [4.69, 9.17) is 0 Å². The molecule has 0 radical (unpaired) electrons. The van der Waals surface area contributed by atoms with E-state index >= 15 is 0 Å². The highest BCUT2D eigenvalue weighted by molar-refractivity contribution is 7.89. The van der Waals surface area contributed by atoms with Gasteiger partial charge in [-0.25, -0.2) is 8.42 Å². The minimum atomic E-state index is -3.70. The van der Waals surface area contributed by atoms with Crippen molar-refractivity contribution in [2.45, 2.75) is 24.7 Å². The molecule has 25 heavy (non-hydrogen) atoms. The van der Waals surface area contributed by atoms with Crippen molar-refractivity contribution in [2.24, 2.45) is 5.92 Å². The van der Waals surface area contributed by atoms with Crippen LogP contribution in [0.5, 0.6) is 0 Å². The number of likely N-dealkylation sites (N-methyl/N-ethyl adjacent to an activating group) is 1. The Bertz CT molecular complexity index is 706. The highest BCUT2D eigenvalue weighted by Gasteiger charge is 2.30. The first-order valence-electron chi connectivity index (χ1n) is 8.43. The van der Waals surface area contributed by atoms with Gasteiger partial charge in [0.05, 0.1) is 17.4 Å². The van der Waals surface area contributed by atoms with E-state index in [1.807, 2.05) is 6.92 Å². The maximum atomic E-state index is 12.5. The van der Waals surface area contributed by atoms with Gasteiger partial charge in [0, 0.05) is 26.7 Å². The van der Waals surface area contributed by atoms with E-state index in [2.05, 4.69) is 5.32 Å². The van der Waals surface area contributed by atoms with Gasteiger partial charge in [-0.05, 0) is 31.9 Å². The number of amides is 2. The number of hydrogen-bond donors (Lipinski definition) is 1. The van der Waals surface area contributed by atoms with Crippen LogP contribution in [0, 0.1) is 5.92 Å². The standard InChI is InChI=1S/C17H25N3O4S/c1-3-18-17(22)14-8-7-11-20(12-14)16(21)13-19(2)25(23,24)15-9-5-4-6-10-15/h4-6,9-10,14H,3,7-8,11-13H2,1-2H3,(H,18,22)/t14-/m0/s1. The highest BCUT2D eigenvalue weighted by Crippen LogP contribution is 2.18. The second-order valence-electron chi connectivity index (χ2n) is 6.15. The Balaban J connectivity index is 2.00. The van der Waals surface area contributed by atoms with Crippen molar-refractivity contribution in [1.29, 1.82) is 0 Å². The number of carbonyl (C=O) groups is 2. The maximum Gasteiger partial charge on any atom is 0.243 e. The zero-order valence-corrected chi connectivity index (χ0v) is 15.5. The van der Waals surface area contributed by atoms with Crippen LogP contribution in [0.1, 0.15) is 19.8 Å². The summed E-state index contributed by atoms with van der Waals surface area (Å²) >= 11 is 0. The highest BCUT2D eigenvalue weighted by atomic mass is 32.2. The Morgan fingerprint density at radius 2 is 1.96 bits per heavy atom. The molecule has 1 aliphatic rings. The van der Waals surface area contributed by atoms with Gasteiger partial charge in [-0.1, -0.05) is 18.2 Å². The summed E-state index contributed by atoms with van der Waals surface area (Å²) in [6.07, 6.45) is 1.48. The van der Waals surface area contributed by atoms with Gasteiger partial charge in [-0.2, -0.15) is 4.31 Å². The number of nitrogens with one attached hydrogen (secondary N) is 1. The lowest BCUT2D eigenvalue weighted by Gasteiger charge is -2.33. The van der Waals surface area contributed by atoms with Crippen molar-refractivity contribution >= 4 is 21.8 Å². The number of carbonyl (C=O) groups excluding carboxylic acids is 2. The Labute approximate surface area is 149 Å². The quantitative estimate of drug-likeness (QED) is 0.801. The third-order valence-electron chi connectivity index (χ3n) is 4.31. The molecule has 1 aliphatic heterocycles. The molecular weight excluding hydrogens is 342 g/mol. The Morgan fingerprint density at radius 1 is 1.28 bits per heavy atom. The summed E-state index contributed by atoms with van der Waals surface area (Å²) in [6.45, 7) is 3.06. The van der Waals surface area contributed by atoms with Crippen LogP contribution in [0.25, 0.3) is 0 Å². The molecule has 0 aromatic heterocycles. The zero-order valence-electron chi connectivity index (χ0n) is 14.6. The number of sulfonamides is 1. The fourth-order valence-electron chi connectivity index (χ4n) is 2.88. The predicted octanol–water partition coefficient (Wildman–Crippen LogP) is 0.682. The van der Waals surface area contributed by atoms with Crippen LogP contribution in [0.2, 0.25) is 0 Å². The van der Waals surface area contributed by atoms with Crippen molar-refractivity contribution in [3.8, 4) is 0 Å². The lowest BCUT2D eigenvalue weighted by atomic mass is 9.97. The second-order valence-corrected chi connectivity index (χ2v) is 8.19. The van der Waals surface area contributed by atoms with Crippen LogP contribution < -0.4 is 5.32 Å². The van der Waals surface area contributed by atoms with E-state index in [0.29, 0.717) is 19.6 Å². The summed E-state index contributed by atoms with van der Waals surface area (Å²) in [4.78, 5) is 26.2. The smallest absolute Gasteiger partial charge is 0.243 e. The van der Waals surface area contributed by atoms with Gasteiger partial charge < -0.3 is 10.2 Å². The summed E-state index contributed by atoms with van der Waals surface area (Å²) in [7, 11) is -2.31. The minimum Gasteiger partial charge on any atom is -0.356 e. The lowest BCUT2D eigenvalue weighted by Crippen LogP contribution is -2.48. The van der Waals surface area contributed by atoms with Crippen LogP contribution in [0.15, 0.2) is 35.2 Å². The molecule has 2 amide bonds. The monoisotopic (exact) mass is 367 g/mol. The topological polar surface area (TPSA) is 86.8 Å². The summed E-state index contributed by atoms with van der Waals surface area (Å²) in [5.41, 5.74) is 0. The molecule has 1 heterocycles. The normalized spacial score (nSPS) is 18.2. The number of hydrogen-bond acceptors (Lipinski definition) is 4. The molecule has 1 aromatic rings. The third-order valence-corrected chi connectivity index (χ3v) is 6.12. The van der Waals surface area contributed by atoms with Crippen molar-refractivity contribution in [3.05, 3.63) is 30.3 Å². The molecule has 1 aromatic carbocycles. The van der Waals surface area contributed by atoms with Crippen LogP contribution in [-0.2, 0) is 19.6 Å². The Morgan fingerprint density at radius 3 is 2.60 bits per heavy atom. The van der Waals surface area contributed by atoms with Gasteiger partial charge in [0.2, 0.25) is 21.8 Å². The molecule has 1 fully saturated rings. The van der Waals surface area contributed by atoms with E-state index in [9.17, 15) is 18.0 Å². The largest absolute Gasteiger partial charge is 0.356 e. The average Bonchev–Trinajstić information content (AvgIpc) is 2.62. The number of piperidine rings is 1. The molecule has 1 atom stereocenters. The first kappa shape index (κ1) is 19.4. The Hall–Kier alpha value is -1.93. The van der Waals surface area contributed by atoms with Gasteiger partial charge in [0.25, 0.3) is 0 Å². The SMILES string of the molecule is CCNC(=O)[C@H]1CCCN(C(=O)CN(C)S(=O)(=O)c2ccccc2)C1. The number of rotatable bonds is 6. The molecule has 138 valence electrons. The molecule has 7 nitrogen and oxygen atoms in total. The van der Waals surface area contributed by atoms with E-state index in [-0.39, 0.29) is 29.2 Å². The summed E-state index contributed by atoms with van der Waals surface area (Å²) in [5.74, 6) is -0.560. The fraction of sp³-hybridized carbons (Fsp3) is 0.529. The molecule has 1 N–H and O–H groups in total. The molecule has 0 unspecified atom stereocenters. The lowest BCUT2D eigenvalue weighted by molar-refractivity contribution is -0.135. The van der Waals surface area contributed by atoms with Crippen LogP contribution >= 0.6 is 0 Å². The van der Waals surface area contributed by atoms with Crippen LogP contribution in [-0.4, -0.2) is 62.7 Å². The number of benzene rings is 1. The summed E-state index contributed by atoms with van der Waals surface area (Å²) in [6, 6.07) is 8.03. The van der Waals surface area contributed by atoms with E-state index in [1.54, 1.807) is 23.1 Å². The van der Waals surface area contributed by atoms with E-state index in [1.165, 1.54) is 19.2 Å². The van der Waals surface area contributed by atoms with Gasteiger partial charge in [-0.3, -0.25) is 9.59 Å². The van der Waals surface area contributed by atoms with E-state index < -0.39 is 10.0 Å². The van der Waals surface area contributed by atoms with Gasteiger partial charge in [0.15, 0.2) is 0 Å². The molecule has 0 saturated carbocycles. The van der Waals surface area contributed by atoms with Crippen molar-refractivity contribution in [3.63, 3.8) is 0 Å². The zero-order chi connectivity index (χ0) is 18.4. The van der Waals surface area contributed by atoms with Crippen molar-refractivity contribution in [2.75, 3.05) is 33.2 Å². The van der Waals surface area contributed by atoms with Crippen molar-refractivity contribution < 1.29 is 18.0 Å². The molecule has 0 bridgehead atoms. The molecular formula is C17H25N3O4S. The third kappa shape index (κ3) is 4.79. The first-order chi connectivity index (χ1) is 11.9. The molecule has 0 aliphatic carbocycles. The minimum absolute atomic E-state index is 0.0507. The first-order valence-corrected chi connectivity index (χ1v) is 9.87. The van der Waals surface area contributed by atoms with Gasteiger partial charge in [-0.15, -0.1) is 0 Å². The average molecular weight is 367 g/mol. The van der Waals surface area contributed by atoms with Gasteiger partial charge >= 0.3 is 0 Å². The Kier molecular flexibility index (Phi) is 6.55. The summed E-state index contributed by atoms with van der Waals surface area (Å²) in [5, 5.41) is 2.78. The van der Waals surface area contributed by atoms with Crippen LogP contribution in [0.4, 0.5) is 0 Å². The fourth-order valence-corrected chi connectivity index (χ4v) is 4.03. The molecule has 2 rings (SSSR count). The van der Waals surface area contributed by atoms with Crippen LogP contribution in [0.3, 0.4) is 0 Å². The predicted molar refractivity (Wildman–Crippen MR) is 94.2 cm³/mol. The number of nitrogens with zero attached hydrogens (tertiary/aromatic N) is 2. The molecule has 1 saturated heterocycles. The molecule has 0 spiro atoms. The molecule has 8 heteroatoms. The second kappa shape index (κ2) is 8.44. The van der Waals surface area contributed by atoms with E-state index in [0.717, 1.165) is 17.1 Å².